The highest BCUT2D eigenvalue weighted by atomic mass is 32.2. The van der Waals surface area contributed by atoms with Crippen LogP contribution in [0.15, 0.2) is 94.7 Å². The number of aryl methyl sites for hydroxylation is 2. The standard InChI is InChI=1S/C29H21N3O5S/c1-17-3-5-20(15-18(17)2)30-27(33)19-4-14-25-26(16-19)29(35)31(28(25)34)21-6-10-23(11-7-21)38-24-12-8-22(9-13-24)32(36)37/h3-16H,1-2H3,(H,30,33). The average molecular weight is 524 g/mol. The van der Waals surface area contributed by atoms with E-state index in [2.05, 4.69) is 5.32 Å². The van der Waals surface area contributed by atoms with Gasteiger partial charge in [-0.1, -0.05) is 17.8 Å². The van der Waals surface area contributed by atoms with Crippen LogP contribution in [0.5, 0.6) is 0 Å². The Kier molecular flexibility index (Phi) is 6.52. The number of rotatable bonds is 6. The number of imide groups is 1. The third-order valence-corrected chi connectivity index (χ3v) is 7.31. The molecule has 9 heteroatoms. The summed E-state index contributed by atoms with van der Waals surface area (Å²) < 4.78 is 0. The quantitative estimate of drug-likeness (QED) is 0.178. The molecule has 0 bridgehead atoms. The average Bonchev–Trinajstić information content (AvgIpc) is 3.16. The van der Waals surface area contributed by atoms with Gasteiger partial charge in [0.15, 0.2) is 0 Å². The Hall–Kier alpha value is -4.76. The predicted molar refractivity (Wildman–Crippen MR) is 145 cm³/mol. The van der Waals surface area contributed by atoms with Crippen molar-refractivity contribution in [3.05, 3.63) is 123 Å². The SMILES string of the molecule is Cc1ccc(NC(=O)c2ccc3c(c2)C(=O)N(c2ccc(Sc4ccc([N+](=O)[O-])cc4)cc2)C3=O)cc1C. The number of hydrogen-bond donors (Lipinski definition) is 1. The Bertz CT molecular complexity index is 1610. The van der Waals surface area contributed by atoms with E-state index in [-0.39, 0.29) is 28.3 Å². The molecule has 5 rings (SSSR count). The number of fused-ring (bicyclic) bond motifs is 1. The molecule has 0 atom stereocenters. The van der Waals surface area contributed by atoms with Gasteiger partial charge in [-0.3, -0.25) is 24.5 Å². The van der Waals surface area contributed by atoms with Gasteiger partial charge in [-0.25, -0.2) is 4.90 Å². The van der Waals surface area contributed by atoms with Crippen molar-refractivity contribution in [1.82, 2.24) is 0 Å². The Morgan fingerprint density at radius 2 is 1.42 bits per heavy atom. The van der Waals surface area contributed by atoms with Gasteiger partial charge in [-0.2, -0.15) is 0 Å². The van der Waals surface area contributed by atoms with Crippen molar-refractivity contribution in [2.45, 2.75) is 23.6 Å². The van der Waals surface area contributed by atoms with Gasteiger partial charge in [0.25, 0.3) is 23.4 Å². The number of carbonyl (C=O) groups is 3. The summed E-state index contributed by atoms with van der Waals surface area (Å²) in [6.45, 7) is 3.95. The van der Waals surface area contributed by atoms with Gasteiger partial charge in [0.1, 0.15) is 0 Å². The Balaban J connectivity index is 1.32. The third kappa shape index (κ3) is 4.79. The lowest BCUT2D eigenvalue weighted by Crippen LogP contribution is -2.29. The van der Waals surface area contributed by atoms with Crippen molar-refractivity contribution in [3.8, 4) is 0 Å². The summed E-state index contributed by atoms with van der Waals surface area (Å²) >= 11 is 1.40. The highest BCUT2D eigenvalue weighted by molar-refractivity contribution is 7.99. The van der Waals surface area contributed by atoms with E-state index in [1.54, 1.807) is 36.4 Å². The molecular weight excluding hydrogens is 502 g/mol. The second kappa shape index (κ2) is 9.95. The third-order valence-electron chi connectivity index (χ3n) is 6.29. The minimum Gasteiger partial charge on any atom is -0.322 e. The van der Waals surface area contributed by atoms with Crippen molar-refractivity contribution in [1.29, 1.82) is 0 Å². The van der Waals surface area contributed by atoms with Crippen LogP contribution in [0.1, 0.15) is 42.2 Å². The number of nitrogens with zero attached hydrogens (tertiary/aromatic N) is 2. The summed E-state index contributed by atoms with van der Waals surface area (Å²) in [5, 5.41) is 13.7. The lowest BCUT2D eigenvalue weighted by atomic mass is 10.0. The molecule has 1 N–H and O–H groups in total. The molecule has 4 aromatic carbocycles. The second-order valence-corrected chi connectivity index (χ2v) is 9.95. The number of benzene rings is 4. The maximum atomic E-state index is 13.2. The summed E-state index contributed by atoms with van der Waals surface area (Å²) in [6.07, 6.45) is 0. The van der Waals surface area contributed by atoms with Gasteiger partial charge in [0.05, 0.1) is 21.7 Å². The van der Waals surface area contributed by atoms with Crippen molar-refractivity contribution < 1.29 is 19.3 Å². The molecule has 1 aliphatic heterocycles. The van der Waals surface area contributed by atoms with E-state index in [4.69, 9.17) is 0 Å². The van der Waals surface area contributed by atoms with Gasteiger partial charge in [0, 0.05) is 33.2 Å². The first-order valence-electron chi connectivity index (χ1n) is 11.6. The number of anilines is 2. The Morgan fingerprint density at radius 1 is 0.789 bits per heavy atom. The van der Waals surface area contributed by atoms with Crippen LogP contribution < -0.4 is 10.2 Å². The molecule has 0 unspecified atom stereocenters. The summed E-state index contributed by atoms with van der Waals surface area (Å²) in [5.41, 5.74) is 3.92. The minimum atomic E-state index is -0.499. The van der Waals surface area contributed by atoms with Crippen LogP contribution in [-0.2, 0) is 0 Å². The van der Waals surface area contributed by atoms with Gasteiger partial charge < -0.3 is 5.32 Å². The van der Waals surface area contributed by atoms with E-state index in [0.29, 0.717) is 11.4 Å². The maximum absolute atomic E-state index is 13.2. The molecule has 188 valence electrons. The van der Waals surface area contributed by atoms with Gasteiger partial charge in [-0.15, -0.1) is 0 Å². The normalized spacial score (nSPS) is 12.4. The van der Waals surface area contributed by atoms with E-state index in [9.17, 15) is 24.5 Å². The molecule has 0 aliphatic carbocycles. The van der Waals surface area contributed by atoms with Crippen LogP contribution in [0.4, 0.5) is 17.1 Å². The predicted octanol–water partition coefficient (Wildman–Crippen LogP) is 6.42. The van der Waals surface area contributed by atoms with Crippen LogP contribution in [0.2, 0.25) is 0 Å². The molecule has 8 nitrogen and oxygen atoms in total. The molecule has 4 aromatic rings. The van der Waals surface area contributed by atoms with Gasteiger partial charge >= 0.3 is 0 Å². The monoisotopic (exact) mass is 523 g/mol. The number of hydrogen-bond acceptors (Lipinski definition) is 6. The lowest BCUT2D eigenvalue weighted by molar-refractivity contribution is -0.384. The first-order chi connectivity index (χ1) is 18.2. The highest BCUT2D eigenvalue weighted by Crippen LogP contribution is 2.33. The summed E-state index contributed by atoms with van der Waals surface area (Å²) in [4.78, 5) is 52.2. The fraction of sp³-hybridized carbons (Fsp3) is 0.0690. The van der Waals surface area contributed by atoms with Crippen molar-refractivity contribution >= 4 is 46.5 Å². The van der Waals surface area contributed by atoms with Crippen LogP contribution in [0, 0.1) is 24.0 Å². The van der Waals surface area contributed by atoms with E-state index in [1.165, 1.54) is 42.1 Å². The minimum absolute atomic E-state index is 0.0150. The molecular formula is C29H21N3O5S. The molecule has 3 amide bonds. The van der Waals surface area contributed by atoms with Gasteiger partial charge in [-0.05, 0) is 91.7 Å². The number of nitro groups is 1. The maximum Gasteiger partial charge on any atom is 0.269 e. The summed E-state index contributed by atoms with van der Waals surface area (Å²) in [7, 11) is 0. The van der Waals surface area contributed by atoms with Crippen LogP contribution >= 0.6 is 11.8 Å². The first kappa shape index (κ1) is 24.9. The van der Waals surface area contributed by atoms with Gasteiger partial charge in [0.2, 0.25) is 0 Å². The van der Waals surface area contributed by atoms with Crippen molar-refractivity contribution in [2.24, 2.45) is 0 Å². The molecule has 0 saturated heterocycles. The zero-order chi connectivity index (χ0) is 27.0. The molecule has 0 saturated carbocycles. The number of non-ortho nitro benzene ring substituents is 1. The zero-order valence-electron chi connectivity index (χ0n) is 20.4. The second-order valence-electron chi connectivity index (χ2n) is 8.81. The molecule has 0 fully saturated rings. The number of nitrogens with one attached hydrogen (secondary N) is 1. The van der Waals surface area contributed by atoms with E-state index in [0.717, 1.165) is 25.8 Å². The number of carbonyl (C=O) groups excluding carboxylic acids is 3. The molecule has 0 spiro atoms. The molecule has 38 heavy (non-hydrogen) atoms. The Labute approximate surface area is 222 Å². The molecule has 1 heterocycles. The van der Waals surface area contributed by atoms with Crippen LogP contribution in [0.3, 0.4) is 0 Å². The summed E-state index contributed by atoms with van der Waals surface area (Å²) in [6, 6.07) is 23.2. The van der Waals surface area contributed by atoms with E-state index < -0.39 is 16.7 Å². The number of amides is 3. The molecule has 0 aromatic heterocycles. The topological polar surface area (TPSA) is 110 Å². The molecule has 1 aliphatic rings. The van der Waals surface area contributed by atoms with Crippen molar-refractivity contribution in [3.63, 3.8) is 0 Å². The fourth-order valence-corrected chi connectivity index (χ4v) is 4.89. The zero-order valence-corrected chi connectivity index (χ0v) is 21.2. The van der Waals surface area contributed by atoms with Crippen LogP contribution in [-0.4, -0.2) is 22.6 Å². The van der Waals surface area contributed by atoms with Crippen molar-refractivity contribution in [2.75, 3.05) is 10.2 Å². The largest absolute Gasteiger partial charge is 0.322 e. The highest BCUT2D eigenvalue weighted by Gasteiger charge is 2.37. The van der Waals surface area contributed by atoms with Crippen LogP contribution in [0.25, 0.3) is 0 Å². The lowest BCUT2D eigenvalue weighted by Gasteiger charge is -2.14. The summed E-state index contributed by atoms with van der Waals surface area (Å²) in [5.74, 6) is -1.33. The smallest absolute Gasteiger partial charge is 0.269 e. The molecule has 0 radical (unpaired) electrons. The van der Waals surface area contributed by atoms with E-state index in [1.807, 2.05) is 32.0 Å². The van der Waals surface area contributed by atoms with E-state index >= 15 is 0 Å². The number of nitro benzene ring substituents is 1. The fourth-order valence-electron chi connectivity index (χ4n) is 4.07. The Morgan fingerprint density at radius 3 is 2.05 bits per heavy atom. The first-order valence-corrected chi connectivity index (χ1v) is 12.5.